The summed E-state index contributed by atoms with van der Waals surface area (Å²) in [5, 5.41) is 12.9. The molecule has 0 aliphatic rings. The molecule has 0 amide bonds. The van der Waals surface area contributed by atoms with E-state index in [0.717, 1.165) is 16.9 Å². The first-order valence-corrected chi connectivity index (χ1v) is 7.07. The van der Waals surface area contributed by atoms with Gasteiger partial charge in [0.25, 0.3) is 0 Å². The molecule has 21 heavy (non-hydrogen) atoms. The Bertz CT molecular complexity index is 647. The average Bonchev–Trinajstić information content (AvgIpc) is 2.52. The molecular weight excluding hydrogens is 284 g/mol. The van der Waals surface area contributed by atoms with Crippen molar-refractivity contribution in [2.75, 3.05) is 7.11 Å². The van der Waals surface area contributed by atoms with Crippen LogP contribution in [-0.4, -0.2) is 7.11 Å². The van der Waals surface area contributed by atoms with Crippen molar-refractivity contribution in [2.24, 2.45) is 0 Å². The summed E-state index contributed by atoms with van der Waals surface area (Å²) < 4.78 is 5.33. The number of halogens is 1. The van der Waals surface area contributed by atoms with Crippen molar-refractivity contribution >= 4 is 11.6 Å². The molecule has 0 radical (unpaired) electrons. The largest absolute Gasteiger partial charge is 0.496 e. The van der Waals surface area contributed by atoms with Crippen molar-refractivity contribution in [3.05, 3.63) is 64.2 Å². The molecule has 0 fully saturated rings. The van der Waals surface area contributed by atoms with Gasteiger partial charge in [-0.1, -0.05) is 23.7 Å². The van der Waals surface area contributed by atoms with Crippen LogP contribution >= 0.6 is 11.6 Å². The van der Waals surface area contributed by atoms with Gasteiger partial charge in [0.15, 0.2) is 0 Å². The van der Waals surface area contributed by atoms with Gasteiger partial charge in [-0.25, -0.2) is 0 Å². The third kappa shape index (κ3) is 3.98. The van der Waals surface area contributed by atoms with Crippen LogP contribution < -0.4 is 10.1 Å². The van der Waals surface area contributed by atoms with Gasteiger partial charge in [-0.15, -0.1) is 0 Å². The maximum absolute atomic E-state index is 8.81. The molecular formula is C17H17ClN2O. The second-order valence-corrected chi connectivity index (χ2v) is 5.23. The number of nitrogens with zero attached hydrogens (tertiary/aromatic N) is 1. The van der Waals surface area contributed by atoms with Crippen molar-refractivity contribution in [3.8, 4) is 11.8 Å². The fourth-order valence-corrected chi connectivity index (χ4v) is 2.31. The highest BCUT2D eigenvalue weighted by Gasteiger charge is 2.08. The zero-order valence-electron chi connectivity index (χ0n) is 12.1. The Morgan fingerprint density at radius 3 is 2.57 bits per heavy atom. The number of benzene rings is 2. The van der Waals surface area contributed by atoms with Crippen LogP contribution in [0.15, 0.2) is 42.5 Å². The Labute approximate surface area is 130 Å². The van der Waals surface area contributed by atoms with E-state index in [-0.39, 0.29) is 6.04 Å². The highest BCUT2D eigenvalue weighted by Crippen LogP contribution is 2.23. The summed E-state index contributed by atoms with van der Waals surface area (Å²) in [5.74, 6) is 0.818. The quantitative estimate of drug-likeness (QED) is 0.905. The van der Waals surface area contributed by atoms with E-state index < -0.39 is 0 Å². The lowest BCUT2D eigenvalue weighted by Gasteiger charge is -2.16. The summed E-state index contributed by atoms with van der Waals surface area (Å²) in [6.07, 6.45) is 0. The zero-order valence-corrected chi connectivity index (χ0v) is 12.8. The van der Waals surface area contributed by atoms with Gasteiger partial charge in [0.05, 0.1) is 18.7 Å². The predicted molar refractivity (Wildman–Crippen MR) is 84.4 cm³/mol. The summed E-state index contributed by atoms with van der Waals surface area (Å²) in [7, 11) is 1.65. The average molecular weight is 301 g/mol. The lowest BCUT2D eigenvalue weighted by molar-refractivity contribution is 0.406. The van der Waals surface area contributed by atoms with Crippen LogP contribution in [0.1, 0.15) is 29.7 Å². The van der Waals surface area contributed by atoms with E-state index >= 15 is 0 Å². The number of ether oxygens (including phenoxy) is 1. The van der Waals surface area contributed by atoms with Gasteiger partial charge in [-0.05, 0) is 42.8 Å². The lowest BCUT2D eigenvalue weighted by Crippen LogP contribution is -2.18. The molecule has 0 aliphatic heterocycles. The third-order valence-corrected chi connectivity index (χ3v) is 3.62. The summed E-state index contributed by atoms with van der Waals surface area (Å²) in [6.45, 7) is 2.74. The van der Waals surface area contributed by atoms with E-state index in [0.29, 0.717) is 17.1 Å². The Balaban J connectivity index is 2.05. The zero-order chi connectivity index (χ0) is 15.2. The van der Waals surface area contributed by atoms with E-state index in [9.17, 15) is 0 Å². The lowest BCUT2D eigenvalue weighted by atomic mass is 10.1. The highest BCUT2D eigenvalue weighted by molar-refractivity contribution is 6.30. The predicted octanol–water partition coefficient (Wildman–Crippen LogP) is 4.07. The second kappa shape index (κ2) is 7.12. The van der Waals surface area contributed by atoms with Gasteiger partial charge in [0.1, 0.15) is 5.75 Å². The van der Waals surface area contributed by atoms with E-state index in [1.165, 1.54) is 0 Å². The first-order chi connectivity index (χ1) is 10.1. The van der Waals surface area contributed by atoms with Crippen LogP contribution in [0.25, 0.3) is 0 Å². The number of methoxy groups -OCH3 is 1. The van der Waals surface area contributed by atoms with Gasteiger partial charge >= 0.3 is 0 Å². The second-order valence-electron chi connectivity index (χ2n) is 4.79. The van der Waals surface area contributed by atoms with Gasteiger partial charge < -0.3 is 10.1 Å². The molecule has 0 heterocycles. The normalized spacial score (nSPS) is 11.7. The van der Waals surface area contributed by atoms with Gasteiger partial charge in [-0.2, -0.15) is 5.26 Å². The minimum atomic E-state index is 0.168. The molecule has 108 valence electrons. The first kappa shape index (κ1) is 15.4. The minimum absolute atomic E-state index is 0.168. The molecule has 0 saturated heterocycles. The number of nitrogens with one attached hydrogen (secondary N) is 1. The van der Waals surface area contributed by atoms with Crippen molar-refractivity contribution in [2.45, 2.75) is 19.5 Å². The number of hydrogen-bond acceptors (Lipinski definition) is 3. The van der Waals surface area contributed by atoms with Crippen LogP contribution in [0.5, 0.6) is 5.75 Å². The summed E-state index contributed by atoms with van der Waals surface area (Å²) in [5.41, 5.74) is 2.82. The topological polar surface area (TPSA) is 45.0 Å². The fraction of sp³-hybridized carbons (Fsp3) is 0.235. The van der Waals surface area contributed by atoms with E-state index in [1.54, 1.807) is 7.11 Å². The van der Waals surface area contributed by atoms with E-state index in [1.807, 2.05) is 42.5 Å². The minimum Gasteiger partial charge on any atom is -0.496 e. The van der Waals surface area contributed by atoms with Crippen LogP contribution in [0.3, 0.4) is 0 Å². The number of nitriles is 1. The fourth-order valence-electron chi connectivity index (χ4n) is 2.11. The molecule has 0 bridgehead atoms. The number of rotatable bonds is 5. The molecule has 1 unspecified atom stereocenters. The van der Waals surface area contributed by atoms with Crippen LogP contribution in [0, 0.1) is 11.3 Å². The third-order valence-electron chi connectivity index (χ3n) is 3.38. The maximum Gasteiger partial charge on any atom is 0.123 e. The summed E-state index contributed by atoms with van der Waals surface area (Å²) in [4.78, 5) is 0. The molecule has 0 saturated carbocycles. The highest BCUT2D eigenvalue weighted by atomic mass is 35.5. The number of hydrogen-bond donors (Lipinski definition) is 1. The Morgan fingerprint density at radius 1 is 1.24 bits per heavy atom. The molecule has 1 atom stereocenters. The molecule has 1 N–H and O–H groups in total. The van der Waals surface area contributed by atoms with Crippen LogP contribution in [0.2, 0.25) is 5.02 Å². The summed E-state index contributed by atoms with van der Waals surface area (Å²) >= 11 is 6.03. The van der Waals surface area contributed by atoms with Crippen LogP contribution in [-0.2, 0) is 6.54 Å². The smallest absolute Gasteiger partial charge is 0.123 e. The maximum atomic E-state index is 8.81. The van der Waals surface area contributed by atoms with Crippen molar-refractivity contribution in [1.82, 2.24) is 5.32 Å². The Morgan fingerprint density at radius 2 is 1.95 bits per heavy atom. The van der Waals surface area contributed by atoms with Crippen molar-refractivity contribution < 1.29 is 4.74 Å². The Kier molecular flexibility index (Phi) is 5.21. The molecule has 0 spiro atoms. The molecule has 2 aromatic carbocycles. The molecule has 2 rings (SSSR count). The van der Waals surface area contributed by atoms with Gasteiger partial charge in [0.2, 0.25) is 0 Å². The van der Waals surface area contributed by atoms with Gasteiger partial charge in [-0.3, -0.25) is 0 Å². The molecule has 2 aromatic rings. The molecule has 0 aliphatic carbocycles. The Hall–Kier alpha value is -2.02. The van der Waals surface area contributed by atoms with E-state index in [2.05, 4.69) is 18.3 Å². The molecule has 4 heteroatoms. The van der Waals surface area contributed by atoms with Crippen molar-refractivity contribution in [1.29, 1.82) is 5.26 Å². The monoisotopic (exact) mass is 300 g/mol. The first-order valence-electron chi connectivity index (χ1n) is 6.70. The molecule has 3 nitrogen and oxygen atoms in total. The molecule has 0 aromatic heterocycles. The summed E-state index contributed by atoms with van der Waals surface area (Å²) in [6, 6.07) is 15.5. The van der Waals surface area contributed by atoms with Gasteiger partial charge in [0, 0.05) is 23.2 Å². The van der Waals surface area contributed by atoms with E-state index in [4.69, 9.17) is 21.6 Å². The standard InChI is InChI=1S/C17H17ClN2O/c1-12(14-5-3-13(10-19)4-6-14)20-11-15-9-16(18)7-8-17(15)21-2/h3-9,12,20H,11H2,1-2H3. The SMILES string of the molecule is COc1ccc(Cl)cc1CNC(C)c1ccc(C#N)cc1. The van der Waals surface area contributed by atoms with Crippen LogP contribution in [0.4, 0.5) is 0 Å². The van der Waals surface area contributed by atoms with Crippen molar-refractivity contribution in [3.63, 3.8) is 0 Å².